The lowest BCUT2D eigenvalue weighted by molar-refractivity contribution is -0.134. The highest BCUT2D eigenvalue weighted by atomic mass is 16.5. The molecule has 0 spiro atoms. The SMILES string of the molecule is O=C(NCCN1CCCCC1)c1ccc(OC2CCN(C(=O)C3CC3)CC2)cc1. The monoisotopic (exact) mass is 399 g/mol. The van der Waals surface area contributed by atoms with E-state index in [-0.39, 0.29) is 12.0 Å². The maximum atomic E-state index is 12.3. The Morgan fingerprint density at radius 3 is 2.28 bits per heavy atom. The lowest BCUT2D eigenvalue weighted by Crippen LogP contribution is -2.42. The molecule has 0 aromatic heterocycles. The van der Waals surface area contributed by atoms with E-state index >= 15 is 0 Å². The van der Waals surface area contributed by atoms with Crippen LogP contribution in [-0.4, -0.2) is 67.0 Å². The number of rotatable bonds is 7. The molecule has 1 aliphatic carbocycles. The molecule has 2 saturated heterocycles. The molecule has 0 radical (unpaired) electrons. The number of carbonyl (C=O) groups is 2. The quantitative estimate of drug-likeness (QED) is 0.766. The van der Waals surface area contributed by atoms with Gasteiger partial charge in [0.15, 0.2) is 0 Å². The summed E-state index contributed by atoms with van der Waals surface area (Å²) < 4.78 is 6.08. The number of amides is 2. The van der Waals surface area contributed by atoms with Gasteiger partial charge in [0.2, 0.25) is 5.91 Å². The zero-order valence-corrected chi connectivity index (χ0v) is 17.3. The van der Waals surface area contributed by atoms with Gasteiger partial charge in [0.1, 0.15) is 11.9 Å². The van der Waals surface area contributed by atoms with E-state index in [0.29, 0.717) is 23.9 Å². The van der Waals surface area contributed by atoms with Gasteiger partial charge >= 0.3 is 0 Å². The molecular formula is C23H33N3O3. The van der Waals surface area contributed by atoms with Crippen molar-refractivity contribution >= 4 is 11.8 Å². The van der Waals surface area contributed by atoms with Crippen LogP contribution >= 0.6 is 0 Å². The first kappa shape index (κ1) is 20.2. The average molecular weight is 400 g/mol. The second-order valence-corrected chi connectivity index (χ2v) is 8.60. The molecule has 3 aliphatic rings. The molecular weight excluding hydrogens is 366 g/mol. The van der Waals surface area contributed by atoms with Gasteiger partial charge < -0.3 is 19.9 Å². The van der Waals surface area contributed by atoms with Gasteiger partial charge in [-0.05, 0) is 63.0 Å². The summed E-state index contributed by atoms with van der Waals surface area (Å²) in [6, 6.07) is 7.41. The summed E-state index contributed by atoms with van der Waals surface area (Å²) in [5.41, 5.74) is 0.667. The Hall–Kier alpha value is -2.08. The van der Waals surface area contributed by atoms with Gasteiger partial charge in [-0.3, -0.25) is 9.59 Å². The van der Waals surface area contributed by atoms with Crippen molar-refractivity contribution in [1.82, 2.24) is 15.1 Å². The Labute approximate surface area is 173 Å². The number of piperidine rings is 2. The Kier molecular flexibility index (Phi) is 6.70. The fraction of sp³-hybridized carbons (Fsp3) is 0.652. The van der Waals surface area contributed by atoms with E-state index in [1.807, 2.05) is 29.2 Å². The fourth-order valence-electron chi connectivity index (χ4n) is 4.27. The van der Waals surface area contributed by atoms with Crippen LogP contribution in [0.1, 0.15) is 55.3 Å². The number of benzene rings is 1. The number of nitrogens with one attached hydrogen (secondary N) is 1. The number of ether oxygens (including phenoxy) is 1. The highest BCUT2D eigenvalue weighted by Crippen LogP contribution is 2.32. The number of hydrogen-bond donors (Lipinski definition) is 1. The molecule has 1 aromatic carbocycles. The van der Waals surface area contributed by atoms with Crippen LogP contribution in [0.2, 0.25) is 0 Å². The summed E-state index contributed by atoms with van der Waals surface area (Å²) in [4.78, 5) is 28.9. The summed E-state index contributed by atoms with van der Waals surface area (Å²) in [7, 11) is 0. The molecule has 0 bridgehead atoms. The van der Waals surface area contributed by atoms with Crippen LogP contribution in [0.15, 0.2) is 24.3 Å². The molecule has 6 heteroatoms. The van der Waals surface area contributed by atoms with Crippen LogP contribution in [0, 0.1) is 5.92 Å². The molecule has 2 heterocycles. The smallest absolute Gasteiger partial charge is 0.251 e. The van der Waals surface area contributed by atoms with Gasteiger partial charge in [-0.25, -0.2) is 0 Å². The van der Waals surface area contributed by atoms with Crippen molar-refractivity contribution in [1.29, 1.82) is 0 Å². The zero-order valence-electron chi connectivity index (χ0n) is 17.3. The van der Waals surface area contributed by atoms with Gasteiger partial charge in [-0.2, -0.15) is 0 Å². The molecule has 29 heavy (non-hydrogen) atoms. The number of likely N-dealkylation sites (tertiary alicyclic amines) is 2. The van der Waals surface area contributed by atoms with Gasteiger partial charge in [0.25, 0.3) is 5.91 Å². The van der Waals surface area contributed by atoms with Gasteiger partial charge in [-0.1, -0.05) is 6.42 Å². The van der Waals surface area contributed by atoms with E-state index < -0.39 is 0 Å². The highest BCUT2D eigenvalue weighted by Gasteiger charge is 2.35. The maximum absolute atomic E-state index is 12.3. The summed E-state index contributed by atoms with van der Waals surface area (Å²) >= 11 is 0. The van der Waals surface area contributed by atoms with Crippen LogP contribution in [-0.2, 0) is 4.79 Å². The third-order valence-corrected chi connectivity index (χ3v) is 6.26. The third kappa shape index (κ3) is 5.72. The molecule has 2 aliphatic heterocycles. The Bertz CT molecular complexity index is 688. The predicted molar refractivity (Wildman–Crippen MR) is 112 cm³/mol. The largest absolute Gasteiger partial charge is 0.490 e. The lowest BCUT2D eigenvalue weighted by Gasteiger charge is -2.32. The molecule has 158 valence electrons. The van der Waals surface area contributed by atoms with Gasteiger partial charge in [-0.15, -0.1) is 0 Å². The van der Waals surface area contributed by atoms with Crippen molar-refractivity contribution in [3.8, 4) is 5.75 Å². The molecule has 0 atom stereocenters. The van der Waals surface area contributed by atoms with Crippen molar-refractivity contribution in [3.05, 3.63) is 29.8 Å². The highest BCUT2D eigenvalue weighted by molar-refractivity contribution is 5.94. The standard InChI is InChI=1S/C23H33N3O3/c27-22(24-12-17-25-13-2-1-3-14-25)18-6-8-20(9-7-18)29-21-10-15-26(16-11-21)23(28)19-4-5-19/h6-9,19,21H,1-5,10-17H2,(H,24,27). The van der Waals surface area contributed by atoms with Crippen molar-refractivity contribution in [3.63, 3.8) is 0 Å². The Morgan fingerprint density at radius 1 is 0.931 bits per heavy atom. The van der Waals surface area contributed by atoms with E-state index in [9.17, 15) is 9.59 Å². The van der Waals surface area contributed by atoms with Crippen LogP contribution < -0.4 is 10.1 Å². The Morgan fingerprint density at radius 2 is 1.62 bits per heavy atom. The summed E-state index contributed by atoms with van der Waals surface area (Å²) in [5, 5.41) is 3.02. The molecule has 2 amide bonds. The van der Waals surface area contributed by atoms with Crippen LogP contribution in [0.5, 0.6) is 5.75 Å². The average Bonchev–Trinajstić information content (AvgIpc) is 3.60. The van der Waals surface area contributed by atoms with Gasteiger partial charge in [0, 0.05) is 50.5 Å². The first-order chi connectivity index (χ1) is 14.2. The lowest BCUT2D eigenvalue weighted by atomic mass is 10.1. The van der Waals surface area contributed by atoms with Crippen molar-refractivity contribution in [2.75, 3.05) is 39.3 Å². The number of nitrogens with zero attached hydrogens (tertiary/aromatic N) is 2. The summed E-state index contributed by atoms with van der Waals surface area (Å²) in [6.07, 6.45) is 7.88. The van der Waals surface area contributed by atoms with Crippen LogP contribution in [0.4, 0.5) is 0 Å². The molecule has 6 nitrogen and oxygen atoms in total. The molecule has 1 N–H and O–H groups in total. The second kappa shape index (κ2) is 9.61. The normalized spacial score (nSPS) is 21.0. The molecule has 4 rings (SSSR count). The summed E-state index contributed by atoms with van der Waals surface area (Å²) in [6.45, 7) is 5.49. The Balaban J connectivity index is 1.17. The molecule has 0 unspecified atom stereocenters. The predicted octanol–water partition coefficient (Wildman–Crippen LogP) is 2.68. The topological polar surface area (TPSA) is 61.9 Å². The van der Waals surface area contributed by atoms with Crippen molar-refractivity contribution < 1.29 is 14.3 Å². The van der Waals surface area contributed by atoms with E-state index in [1.54, 1.807) is 0 Å². The van der Waals surface area contributed by atoms with Crippen molar-refractivity contribution in [2.45, 2.75) is 51.0 Å². The molecule has 1 aromatic rings. The minimum atomic E-state index is -0.0274. The molecule has 1 saturated carbocycles. The maximum Gasteiger partial charge on any atom is 0.251 e. The number of carbonyl (C=O) groups excluding carboxylic acids is 2. The second-order valence-electron chi connectivity index (χ2n) is 8.60. The van der Waals surface area contributed by atoms with Crippen LogP contribution in [0.25, 0.3) is 0 Å². The van der Waals surface area contributed by atoms with E-state index in [1.165, 1.54) is 19.3 Å². The van der Waals surface area contributed by atoms with E-state index in [4.69, 9.17) is 4.74 Å². The zero-order chi connectivity index (χ0) is 20.1. The minimum absolute atomic E-state index is 0.0274. The van der Waals surface area contributed by atoms with E-state index in [0.717, 1.165) is 64.2 Å². The van der Waals surface area contributed by atoms with Gasteiger partial charge in [0.05, 0.1) is 0 Å². The van der Waals surface area contributed by atoms with Crippen LogP contribution in [0.3, 0.4) is 0 Å². The third-order valence-electron chi connectivity index (χ3n) is 6.26. The number of hydrogen-bond acceptors (Lipinski definition) is 4. The summed E-state index contributed by atoms with van der Waals surface area (Å²) in [5.74, 6) is 1.40. The first-order valence-electron chi connectivity index (χ1n) is 11.2. The first-order valence-corrected chi connectivity index (χ1v) is 11.2. The van der Waals surface area contributed by atoms with Crippen molar-refractivity contribution in [2.24, 2.45) is 5.92 Å². The molecule has 3 fully saturated rings. The minimum Gasteiger partial charge on any atom is -0.490 e. The van der Waals surface area contributed by atoms with E-state index in [2.05, 4.69) is 10.2 Å². The fourth-order valence-corrected chi connectivity index (χ4v) is 4.27.